The first-order valence-corrected chi connectivity index (χ1v) is 11.8. The predicted molar refractivity (Wildman–Crippen MR) is 132 cm³/mol. The van der Waals surface area contributed by atoms with Crippen LogP contribution in [-0.4, -0.2) is 42.9 Å². The molecule has 2 amide bonds. The molecular formula is C27H39N3O2. The SMILES string of the molecule is CC(C)C(C(=O)NCCCCCCCN)N(C)C(=O)Cc1ccc(-c2ccccc2)cc1. The molecule has 0 fully saturated rings. The Labute approximate surface area is 193 Å². The van der Waals surface area contributed by atoms with Gasteiger partial charge < -0.3 is 16.0 Å². The number of amides is 2. The molecule has 0 bridgehead atoms. The molecule has 0 radical (unpaired) electrons. The third-order valence-electron chi connectivity index (χ3n) is 5.81. The van der Waals surface area contributed by atoms with Crippen molar-refractivity contribution in [2.45, 2.75) is 58.4 Å². The molecule has 0 heterocycles. The van der Waals surface area contributed by atoms with Gasteiger partial charge in [-0.05, 0) is 42.0 Å². The van der Waals surface area contributed by atoms with E-state index in [2.05, 4.69) is 17.4 Å². The van der Waals surface area contributed by atoms with Gasteiger partial charge in [0, 0.05) is 13.6 Å². The highest BCUT2D eigenvalue weighted by Crippen LogP contribution is 2.20. The predicted octanol–water partition coefficient (Wildman–Crippen LogP) is 4.40. The lowest BCUT2D eigenvalue weighted by Crippen LogP contribution is -2.51. The van der Waals surface area contributed by atoms with Crippen molar-refractivity contribution in [1.29, 1.82) is 0 Å². The summed E-state index contributed by atoms with van der Waals surface area (Å²) in [5.74, 6) is -0.0840. The lowest BCUT2D eigenvalue weighted by atomic mass is 10.00. The van der Waals surface area contributed by atoms with Crippen molar-refractivity contribution in [3.63, 3.8) is 0 Å². The number of hydrogen-bond acceptors (Lipinski definition) is 3. The van der Waals surface area contributed by atoms with Crippen molar-refractivity contribution in [2.75, 3.05) is 20.1 Å². The van der Waals surface area contributed by atoms with Crippen LogP contribution in [0.2, 0.25) is 0 Å². The Morgan fingerprint density at radius 2 is 1.47 bits per heavy atom. The molecule has 0 aliphatic rings. The van der Waals surface area contributed by atoms with Crippen LogP contribution in [0.4, 0.5) is 0 Å². The van der Waals surface area contributed by atoms with Crippen LogP contribution < -0.4 is 11.1 Å². The summed E-state index contributed by atoms with van der Waals surface area (Å²) >= 11 is 0. The number of carbonyl (C=O) groups is 2. The minimum Gasteiger partial charge on any atom is -0.354 e. The normalized spacial score (nSPS) is 11.9. The number of nitrogens with zero attached hydrogens (tertiary/aromatic N) is 1. The van der Waals surface area contributed by atoms with Gasteiger partial charge in [0.2, 0.25) is 11.8 Å². The summed E-state index contributed by atoms with van der Waals surface area (Å²) in [4.78, 5) is 27.3. The maximum Gasteiger partial charge on any atom is 0.243 e. The molecule has 0 saturated heterocycles. The van der Waals surface area contributed by atoms with E-state index in [-0.39, 0.29) is 24.2 Å². The molecule has 5 heteroatoms. The van der Waals surface area contributed by atoms with Gasteiger partial charge in [-0.15, -0.1) is 0 Å². The van der Waals surface area contributed by atoms with E-state index in [0.717, 1.165) is 55.3 Å². The van der Waals surface area contributed by atoms with E-state index in [9.17, 15) is 9.59 Å². The molecule has 2 aromatic rings. The Kier molecular flexibility index (Phi) is 10.9. The number of nitrogens with two attached hydrogens (primary N) is 1. The molecule has 0 saturated carbocycles. The van der Waals surface area contributed by atoms with Crippen LogP contribution in [0.3, 0.4) is 0 Å². The van der Waals surface area contributed by atoms with Gasteiger partial charge in [-0.2, -0.15) is 0 Å². The van der Waals surface area contributed by atoms with Crippen molar-refractivity contribution in [1.82, 2.24) is 10.2 Å². The van der Waals surface area contributed by atoms with Gasteiger partial charge in [-0.3, -0.25) is 9.59 Å². The lowest BCUT2D eigenvalue weighted by Gasteiger charge is -2.30. The minimum absolute atomic E-state index is 0.0361. The molecule has 32 heavy (non-hydrogen) atoms. The van der Waals surface area contributed by atoms with Crippen LogP contribution in [0.1, 0.15) is 51.5 Å². The molecule has 0 aromatic heterocycles. The highest BCUT2D eigenvalue weighted by atomic mass is 16.2. The van der Waals surface area contributed by atoms with E-state index in [1.165, 1.54) is 0 Å². The summed E-state index contributed by atoms with van der Waals surface area (Å²) in [5.41, 5.74) is 8.73. The van der Waals surface area contributed by atoms with Gasteiger partial charge >= 0.3 is 0 Å². The molecule has 1 atom stereocenters. The molecule has 5 nitrogen and oxygen atoms in total. The van der Waals surface area contributed by atoms with Crippen molar-refractivity contribution in [2.24, 2.45) is 11.7 Å². The second kappa shape index (κ2) is 13.7. The van der Waals surface area contributed by atoms with Crippen molar-refractivity contribution >= 4 is 11.8 Å². The first-order chi connectivity index (χ1) is 15.4. The zero-order valence-corrected chi connectivity index (χ0v) is 19.8. The van der Waals surface area contributed by atoms with Crippen molar-refractivity contribution < 1.29 is 9.59 Å². The second-order valence-corrected chi connectivity index (χ2v) is 8.78. The molecule has 0 aliphatic carbocycles. The number of rotatable bonds is 13. The lowest BCUT2D eigenvalue weighted by molar-refractivity contribution is -0.140. The van der Waals surface area contributed by atoms with Gasteiger partial charge in [-0.1, -0.05) is 87.7 Å². The highest BCUT2D eigenvalue weighted by molar-refractivity contribution is 5.88. The van der Waals surface area contributed by atoms with Crippen molar-refractivity contribution in [3.8, 4) is 11.1 Å². The molecule has 2 rings (SSSR count). The third kappa shape index (κ3) is 8.12. The van der Waals surface area contributed by atoms with Crippen LogP contribution in [0.15, 0.2) is 54.6 Å². The van der Waals surface area contributed by atoms with Gasteiger partial charge in [0.1, 0.15) is 6.04 Å². The second-order valence-electron chi connectivity index (χ2n) is 8.78. The topological polar surface area (TPSA) is 75.4 Å². The summed E-state index contributed by atoms with van der Waals surface area (Å²) in [6.07, 6.45) is 5.66. The Morgan fingerprint density at radius 3 is 2.09 bits per heavy atom. The van der Waals surface area contributed by atoms with E-state index >= 15 is 0 Å². The number of likely N-dealkylation sites (N-methyl/N-ethyl adjacent to an activating group) is 1. The summed E-state index contributed by atoms with van der Waals surface area (Å²) in [5, 5.41) is 3.02. The zero-order valence-electron chi connectivity index (χ0n) is 19.8. The molecule has 0 spiro atoms. The molecule has 0 aliphatic heterocycles. The molecule has 3 N–H and O–H groups in total. The van der Waals surface area contributed by atoms with Crippen molar-refractivity contribution in [3.05, 3.63) is 60.2 Å². The Morgan fingerprint density at radius 1 is 0.875 bits per heavy atom. The standard InChI is InChI=1S/C27H39N3O2/c1-21(2)26(27(32)29-19-11-6-4-5-10-18-28)30(3)25(31)20-22-14-16-24(17-15-22)23-12-8-7-9-13-23/h7-9,12-17,21,26H,4-6,10-11,18-20,28H2,1-3H3,(H,29,32). The Hall–Kier alpha value is -2.66. The average Bonchev–Trinajstić information content (AvgIpc) is 2.79. The van der Waals surface area contributed by atoms with Crippen LogP contribution >= 0.6 is 0 Å². The molecule has 174 valence electrons. The minimum atomic E-state index is -0.469. The summed E-state index contributed by atoms with van der Waals surface area (Å²) in [7, 11) is 1.73. The fourth-order valence-corrected chi connectivity index (χ4v) is 3.94. The largest absolute Gasteiger partial charge is 0.354 e. The van der Waals surface area contributed by atoms with Crippen LogP contribution in [0, 0.1) is 5.92 Å². The first kappa shape index (κ1) is 25.6. The van der Waals surface area contributed by atoms with E-state index in [1.54, 1.807) is 11.9 Å². The highest BCUT2D eigenvalue weighted by Gasteiger charge is 2.29. The third-order valence-corrected chi connectivity index (χ3v) is 5.81. The molecule has 1 unspecified atom stereocenters. The van der Waals surface area contributed by atoms with Gasteiger partial charge in [0.05, 0.1) is 6.42 Å². The maximum absolute atomic E-state index is 12.9. The average molecular weight is 438 g/mol. The summed E-state index contributed by atoms with van der Waals surface area (Å²) in [6.45, 7) is 5.35. The van der Waals surface area contributed by atoms with Crippen LogP contribution in [-0.2, 0) is 16.0 Å². The quantitative estimate of drug-likeness (QED) is 0.456. The maximum atomic E-state index is 12.9. The number of nitrogens with one attached hydrogen (secondary N) is 1. The van der Waals surface area contributed by atoms with Crippen LogP contribution in [0.25, 0.3) is 11.1 Å². The summed E-state index contributed by atoms with van der Waals surface area (Å²) < 4.78 is 0. The Balaban J connectivity index is 1.88. The number of benzene rings is 2. The van der Waals surface area contributed by atoms with E-state index < -0.39 is 6.04 Å². The van der Waals surface area contributed by atoms with E-state index in [0.29, 0.717) is 6.54 Å². The first-order valence-electron chi connectivity index (χ1n) is 11.8. The summed E-state index contributed by atoms with van der Waals surface area (Å²) in [6, 6.07) is 17.8. The monoisotopic (exact) mass is 437 g/mol. The smallest absolute Gasteiger partial charge is 0.243 e. The molecular weight excluding hydrogens is 398 g/mol. The number of hydrogen-bond donors (Lipinski definition) is 2. The zero-order chi connectivity index (χ0) is 23.3. The fourth-order valence-electron chi connectivity index (χ4n) is 3.94. The van der Waals surface area contributed by atoms with Crippen LogP contribution in [0.5, 0.6) is 0 Å². The van der Waals surface area contributed by atoms with E-state index in [1.807, 2.05) is 56.3 Å². The number of unbranched alkanes of at least 4 members (excludes halogenated alkanes) is 4. The molecule has 2 aromatic carbocycles. The fraction of sp³-hybridized carbons (Fsp3) is 0.481. The van der Waals surface area contributed by atoms with Gasteiger partial charge in [0.15, 0.2) is 0 Å². The number of carbonyl (C=O) groups excluding carboxylic acids is 2. The van der Waals surface area contributed by atoms with E-state index in [4.69, 9.17) is 5.73 Å². The van der Waals surface area contributed by atoms with Gasteiger partial charge in [-0.25, -0.2) is 0 Å². The Bertz CT molecular complexity index is 819. The van der Waals surface area contributed by atoms with Gasteiger partial charge in [0.25, 0.3) is 0 Å².